The number of phenols is 1. The fourth-order valence-corrected chi connectivity index (χ4v) is 2.02. The van der Waals surface area contributed by atoms with Crippen molar-refractivity contribution in [2.45, 2.75) is 20.4 Å². The number of hydrogen-bond donors (Lipinski definition) is 3. The van der Waals surface area contributed by atoms with E-state index >= 15 is 0 Å². The van der Waals surface area contributed by atoms with Crippen LogP contribution in [0.1, 0.15) is 11.4 Å². The molecule has 0 aliphatic carbocycles. The van der Waals surface area contributed by atoms with Crippen molar-refractivity contribution in [2.24, 2.45) is 16.0 Å². The minimum Gasteiger partial charge on any atom is -0.508 e. The van der Waals surface area contributed by atoms with E-state index in [1.807, 2.05) is 13.8 Å². The third kappa shape index (κ3) is 4.36. The fourth-order valence-electron chi connectivity index (χ4n) is 2.02. The van der Waals surface area contributed by atoms with Gasteiger partial charge in [0.15, 0.2) is 0 Å². The van der Waals surface area contributed by atoms with Crippen LogP contribution in [0.4, 0.5) is 11.4 Å². The molecule has 2 rings (SSSR count). The molecule has 122 valence electrons. The van der Waals surface area contributed by atoms with Crippen molar-refractivity contribution in [1.29, 1.82) is 0 Å². The number of azo groups is 1. The van der Waals surface area contributed by atoms with Crippen LogP contribution in [0.15, 0.2) is 34.5 Å². The molecule has 0 aliphatic heterocycles. The monoisotopic (exact) mass is 316 g/mol. The Balaban J connectivity index is 2.14. The molecular weight excluding hydrogens is 296 g/mol. The number of aryl methyl sites for hydroxylation is 1. The Bertz CT molecular complexity index is 706. The Morgan fingerprint density at radius 2 is 2.00 bits per heavy atom. The first-order valence-corrected chi connectivity index (χ1v) is 7.23. The molecule has 2 aromatic rings. The van der Waals surface area contributed by atoms with Gasteiger partial charge in [-0.2, -0.15) is 10.2 Å². The van der Waals surface area contributed by atoms with E-state index in [-0.39, 0.29) is 18.2 Å². The van der Waals surface area contributed by atoms with Gasteiger partial charge in [-0.15, -0.1) is 5.11 Å². The second-order valence-corrected chi connectivity index (χ2v) is 5.03. The summed E-state index contributed by atoms with van der Waals surface area (Å²) >= 11 is 0. The number of hydrogen-bond acceptors (Lipinski definition) is 6. The molecule has 0 radical (unpaired) electrons. The van der Waals surface area contributed by atoms with Crippen LogP contribution in [0.2, 0.25) is 0 Å². The first kappa shape index (κ1) is 16.6. The Kier molecular flexibility index (Phi) is 5.42. The molecule has 0 spiro atoms. The van der Waals surface area contributed by atoms with E-state index in [9.17, 15) is 9.90 Å². The van der Waals surface area contributed by atoms with Gasteiger partial charge in [0.05, 0.1) is 17.1 Å². The summed E-state index contributed by atoms with van der Waals surface area (Å²) in [4.78, 5) is 11.8. The van der Waals surface area contributed by atoms with E-state index in [4.69, 9.17) is 5.73 Å². The highest BCUT2D eigenvalue weighted by molar-refractivity contribution is 5.75. The van der Waals surface area contributed by atoms with E-state index in [1.165, 1.54) is 0 Å². The first-order valence-electron chi connectivity index (χ1n) is 7.23. The molecule has 0 fully saturated rings. The minimum atomic E-state index is -0.150. The summed E-state index contributed by atoms with van der Waals surface area (Å²) in [6, 6.07) is 6.40. The Morgan fingerprint density at radius 3 is 2.65 bits per heavy atom. The molecule has 0 aliphatic rings. The average Bonchev–Trinajstić information content (AvgIpc) is 2.79. The van der Waals surface area contributed by atoms with Gasteiger partial charge in [-0.3, -0.25) is 9.48 Å². The zero-order chi connectivity index (χ0) is 16.8. The molecule has 0 saturated carbocycles. The number of carbonyl (C=O) groups is 1. The van der Waals surface area contributed by atoms with E-state index in [0.717, 1.165) is 5.69 Å². The summed E-state index contributed by atoms with van der Waals surface area (Å²) in [6.07, 6.45) is 0. The highest BCUT2D eigenvalue weighted by atomic mass is 16.3. The average molecular weight is 316 g/mol. The lowest BCUT2D eigenvalue weighted by Gasteiger charge is -2.05. The number of nitrogens with zero attached hydrogens (tertiary/aromatic N) is 4. The van der Waals surface area contributed by atoms with Crippen molar-refractivity contribution in [3.63, 3.8) is 0 Å². The SMILES string of the molecule is Cc1nn(CC(=O)NCCN)c(C)c1N=Nc1ccc(O)cc1. The zero-order valence-corrected chi connectivity index (χ0v) is 13.2. The van der Waals surface area contributed by atoms with Crippen LogP contribution >= 0.6 is 0 Å². The summed E-state index contributed by atoms with van der Waals surface area (Å²) in [5.74, 6) is 0.0238. The van der Waals surface area contributed by atoms with Gasteiger partial charge in [-0.05, 0) is 38.1 Å². The number of nitrogens with two attached hydrogens (primary N) is 1. The minimum absolute atomic E-state index is 0.113. The van der Waals surface area contributed by atoms with Gasteiger partial charge in [0.25, 0.3) is 0 Å². The highest BCUT2D eigenvalue weighted by Crippen LogP contribution is 2.26. The van der Waals surface area contributed by atoms with Gasteiger partial charge in [0.2, 0.25) is 5.91 Å². The smallest absolute Gasteiger partial charge is 0.241 e. The van der Waals surface area contributed by atoms with Crippen LogP contribution in [0.25, 0.3) is 0 Å². The van der Waals surface area contributed by atoms with E-state index in [0.29, 0.717) is 30.2 Å². The molecule has 1 amide bonds. The molecule has 0 unspecified atom stereocenters. The lowest BCUT2D eigenvalue weighted by atomic mass is 10.3. The summed E-state index contributed by atoms with van der Waals surface area (Å²) in [5, 5.41) is 24.6. The van der Waals surface area contributed by atoms with Gasteiger partial charge in [0.1, 0.15) is 18.0 Å². The van der Waals surface area contributed by atoms with Crippen molar-refractivity contribution >= 4 is 17.3 Å². The second-order valence-electron chi connectivity index (χ2n) is 5.03. The van der Waals surface area contributed by atoms with E-state index in [2.05, 4.69) is 20.6 Å². The quantitative estimate of drug-likeness (QED) is 0.703. The number of benzene rings is 1. The second kappa shape index (κ2) is 7.50. The topological polar surface area (TPSA) is 118 Å². The van der Waals surface area contributed by atoms with Crippen LogP contribution in [0.5, 0.6) is 5.75 Å². The molecule has 8 nitrogen and oxygen atoms in total. The molecule has 0 atom stereocenters. The van der Waals surface area contributed by atoms with Gasteiger partial charge in [-0.1, -0.05) is 0 Å². The maximum absolute atomic E-state index is 11.8. The third-order valence-electron chi connectivity index (χ3n) is 3.22. The standard InChI is InChI=1S/C15H20N6O2/c1-10-15(19-18-12-3-5-13(22)6-4-12)11(2)21(20-10)9-14(23)17-8-7-16/h3-6,22H,7-9,16H2,1-2H3,(H,17,23). The van der Waals surface area contributed by atoms with Crippen molar-refractivity contribution < 1.29 is 9.90 Å². The highest BCUT2D eigenvalue weighted by Gasteiger charge is 2.13. The fraction of sp³-hybridized carbons (Fsp3) is 0.333. The largest absolute Gasteiger partial charge is 0.508 e. The molecule has 0 saturated heterocycles. The molecule has 1 aromatic carbocycles. The van der Waals surface area contributed by atoms with Crippen LogP contribution < -0.4 is 11.1 Å². The van der Waals surface area contributed by atoms with Crippen molar-refractivity contribution in [1.82, 2.24) is 15.1 Å². The van der Waals surface area contributed by atoms with Gasteiger partial charge in [0, 0.05) is 13.1 Å². The lowest BCUT2D eigenvalue weighted by Crippen LogP contribution is -2.32. The van der Waals surface area contributed by atoms with E-state index in [1.54, 1.807) is 28.9 Å². The van der Waals surface area contributed by atoms with E-state index < -0.39 is 0 Å². The molecule has 8 heteroatoms. The number of aromatic hydroxyl groups is 1. The summed E-state index contributed by atoms with van der Waals surface area (Å²) in [5.41, 5.74) is 8.05. The number of amides is 1. The van der Waals surface area contributed by atoms with Crippen LogP contribution in [-0.2, 0) is 11.3 Å². The number of rotatable bonds is 6. The molecular formula is C15H20N6O2. The first-order chi connectivity index (χ1) is 11.0. The van der Waals surface area contributed by atoms with Crippen LogP contribution in [0.3, 0.4) is 0 Å². The van der Waals surface area contributed by atoms with Crippen molar-refractivity contribution in [3.05, 3.63) is 35.7 Å². The summed E-state index contributed by atoms with van der Waals surface area (Å²) in [7, 11) is 0. The molecule has 23 heavy (non-hydrogen) atoms. The molecule has 1 aromatic heterocycles. The van der Waals surface area contributed by atoms with Crippen LogP contribution in [0, 0.1) is 13.8 Å². The lowest BCUT2D eigenvalue weighted by molar-refractivity contribution is -0.121. The van der Waals surface area contributed by atoms with Gasteiger partial charge >= 0.3 is 0 Å². The van der Waals surface area contributed by atoms with Crippen molar-refractivity contribution in [3.8, 4) is 5.75 Å². The number of nitrogens with one attached hydrogen (secondary N) is 1. The zero-order valence-electron chi connectivity index (χ0n) is 13.2. The third-order valence-corrected chi connectivity index (χ3v) is 3.22. The van der Waals surface area contributed by atoms with Crippen LogP contribution in [-0.4, -0.2) is 33.9 Å². The molecule has 4 N–H and O–H groups in total. The molecule has 0 bridgehead atoms. The summed E-state index contributed by atoms with van der Waals surface area (Å²) < 4.78 is 1.59. The van der Waals surface area contributed by atoms with Gasteiger partial charge < -0.3 is 16.2 Å². The summed E-state index contributed by atoms with van der Waals surface area (Å²) in [6.45, 7) is 4.59. The maximum Gasteiger partial charge on any atom is 0.241 e. The number of phenolic OH excluding ortho intramolecular Hbond substituents is 1. The maximum atomic E-state index is 11.8. The number of aromatic nitrogens is 2. The number of carbonyl (C=O) groups excluding carboxylic acids is 1. The van der Waals surface area contributed by atoms with Crippen molar-refractivity contribution in [2.75, 3.05) is 13.1 Å². The molecule has 1 heterocycles. The predicted octanol–water partition coefficient (Wildman–Crippen LogP) is 1.70. The normalized spacial score (nSPS) is 11.1. The Hall–Kier alpha value is -2.74. The van der Waals surface area contributed by atoms with Gasteiger partial charge in [-0.25, -0.2) is 0 Å². The Morgan fingerprint density at radius 1 is 1.30 bits per heavy atom. The predicted molar refractivity (Wildman–Crippen MR) is 86.0 cm³/mol. The Labute approximate surface area is 134 Å².